The highest BCUT2D eigenvalue weighted by atomic mass is 32.2. The normalized spacial score (nSPS) is 17.5. The van der Waals surface area contributed by atoms with Gasteiger partial charge in [-0.2, -0.15) is 0 Å². The lowest BCUT2D eigenvalue weighted by atomic mass is 10.2. The Balaban J connectivity index is 1.33. The SMILES string of the molecule is COc1cc(C(=O)NCCN2C(=O)S/C(=C\c3ccc(F)cc3)C2=O)ccc1OC1CCCC1. The molecule has 34 heavy (non-hydrogen) atoms. The van der Waals surface area contributed by atoms with E-state index in [9.17, 15) is 18.8 Å². The number of nitrogens with one attached hydrogen (secondary N) is 1. The fraction of sp³-hybridized carbons (Fsp3) is 0.320. The summed E-state index contributed by atoms with van der Waals surface area (Å²) in [5.41, 5.74) is 1.01. The van der Waals surface area contributed by atoms with Gasteiger partial charge in [0.25, 0.3) is 17.1 Å². The molecule has 1 saturated carbocycles. The number of hydrogen-bond acceptors (Lipinski definition) is 6. The second-order valence-corrected chi connectivity index (χ2v) is 9.02. The van der Waals surface area contributed by atoms with Gasteiger partial charge in [0, 0.05) is 18.7 Å². The first-order valence-corrected chi connectivity index (χ1v) is 11.9. The molecule has 1 saturated heterocycles. The number of carbonyl (C=O) groups is 3. The molecule has 3 amide bonds. The summed E-state index contributed by atoms with van der Waals surface area (Å²) in [6.45, 7) is 0.139. The second-order valence-electron chi connectivity index (χ2n) is 8.03. The number of carbonyl (C=O) groups excluding carboxylic acids is 3. The summed E-state index contributed by atoms with van der Waals surface area (Å²) in [4.78, 5) is 38.8. The van der Waals surface area contributed by atoms with Crippen molar-refractivity contribution in [2.75, 3.05) is 20.2 Å². The maximum absolute atomic E-state index is 13.1. The number of halogens is 1. The van der Waals surface area contributed by atoms with Crippen LogP contribution in [0.1, 0.15) is 41.6 Å². The maximum Gasteiger partial charge on any atom is 0.293 e. The van der Waals surface area contributed by atoms with Gasteiger partial charge in [0.05, 0.1) is 18.1 Å². The average molecular weight is 485 g/mol. The van der Waals surface area contributed by atoms with Crippen molar-refractivity contribution in [1.29, 1.82) is 0 Å². The topological polar surface area (TPSA) is 84.9 Å². The van der Waals surface area contributed by atoms with E-state index in [1.807, 2.05) is 0 Å². The lowest BCUT2D eigenvalue weighted by molar-refractivity contribution is -0.122. The van der Waals surface area contributed by atoms with Crippen molar-refractivity contribution in [3.05, 3.63) is 64.3 Å². The summed E-state index contributed by atoms with van der Waals surface area (Å²) >= 11 is 0.817. The molecule has 2 aliphatic rings. The zero-order valence-electron chi connectivity index (χ0n) is 18.7. The molecule has 1 aliphatic heterocycles. The molecule has 1 aliphatic carbocycles. The highest BCUT2D eigenvalue weighted by Gasteiger charge is 2.34. The second kappa shape index (κ2) is 10.7. The minimum atomic E-state index is -0.441. The van der Waals surface area contributed by atoms with E-state index < -0.39 is 11.1 Å². The third-order valence-electron chi connectivity index (χ3n) is 5.68. The highest BCUT2D eigenvalue weighted by molar-refractivity contribution is 8.18. The Kier molecular flexibility index (Phi) is 7.52. The first-order chi connectivity index (χ1) is 16.4. The molecule has 1 heterocycles. The van der Waals surface area contributed by atoms with Crippen LogP contribution < -0.4 is 14.8 Å². The van der Waals surface area contributed by atoms with E-state index in [2.05, 4.69) is 5.32 Å². The van der Waals surface area contributed by atoms with Crippen molar-refractivity contribution in [2.45, 2.75) is 31.8 Å². The molecule has 0 atom stereocenters. The first-order valence-electron chi connectivity index (χ1n) is 11.1. The Morgan fingerprint density at radius 1 is 1.15 bits per heavy atom. The molecule has 0 unspecified atom stereocenters. The van der Waals surface area contributed by atoms with Crippen molar-refractivity contribution in [3.8, 4) is 11.5 Å². The van der Waals surface area contributed by atoms with Crippen molar-refractivity contribution in [2.24, 2.45) is 0 Å². The van der Waals surface area contributed by atoms with Gasteiger partial charge in [-0.05, 0) is 79.4 Å². The molecule has 0 spiro atoms. The van der Waals surface area contributed by atoms with Gasteiger partial charge in [-0.3, -0.25) is 19.3 Å². The van der Waals surface area contributed by atoms with Gasteiger partial charge in [0.15, 0.2) is 11.5 Å². The van der Waals surface area contributed by atoms with Crippen LogP contribution in [0.5, 0.6) is 11.5 Å². The van der Waals surface area contributed by atoms with Crippen molar-refractivity contribution >= 4 is 34.9 Å². The summed E-state index contributed by atoms with van der Waals surface area (Å²) in [5.74, 6) is -0.0779. The number of ether oxygens (including phenoxy) is 2. The molecule has 2 aromatic rings. The van der Waals surface area contributed by atoms with Gasteiger partial charge in [-0.1, -0.05) is 12.1 Å². The van der Waals surface area contributed by atoms with E-state index in [0.29, 0.717) is 22.6 Å². The predicted molar refractivity (Wildman–Crippen MR) is 127 cm³/mol. The first kappa shape index (κ1) is 23.8. The summed E-state index contributed by atoms with van der Waals surface area (Å²) in [6, 6.07) is 10.6. The van der Waals surface area contributed by atoms with Crippen LogP contribution in [0.25, 0.3) is 6.08 Å². The summed E-state index contributed by atoms with van der Waals surface area (Å²) in [6.07, 6.45) is 6.04. The van der Waals surface area contributed by atoms with Crippen molar-refractivity contribution in [3.63, 3.8) is 0 Å². The molecule has 0 aromatic heterocycles. The number of thioether (sulfide) groups is 1. The lowest BCUT2D eigenvalue weighted by Gasteiger charge is -2.17. The van der Waals surface area contributed by atoms with Crippen LogP contribution in [-0.2, 0) is 4.79 Å². The minimum Gasteiger partial charge on any atom is -0.493 e. The Hall–Kier alpha value is -3.33. The van der Waals surface area contributed by atoms with Gasteiger partial charge in [0.2, 0.25) is 0 Å². The van der Waals surface area contributed by atoms with Crippen LogP contribution in [-0.4, -0.2) is 48.3 Å². The van der Waals surface area contributed by atoms with Gasteiger partial charge in [-0.15, -0.1) is 0 Å². The summed E-state index contributed by atoms with van der Waals surface area (Å²) < 4.78 is 24.5. The standard InChI is InChI=1S/C25H25FN2O5S/c1-32-21-15-17(8-11-20(21)33-19-4-2-3-5-19)23(29)27-12-13-28-24(30)22(34-25(28)31)14-16-6-9-18(26)10-7-16/h6-11,14-15,19H,2-5,12-13H2,1H3,(H,27,29)/b22-14-. The van der Waals surface area contributed by atoms with Gasteiger partial charge >= 0.3 is 0 Å². The van der Waals surface area contributed by atoms with E-state index in [1.165, 1.54) is 31.4 Å². The number of rotatable bonds is 8. The van der Waals surface area contributed by atoms with Gasteiger partial charge in [0.1, 0.15) is 5.82 Å². The number of amides is 3. The third kappa shape index (κ3) is 5.59. The monoisotopic (exact) mass is 484 g/mol. The average Bonchev–Trinajstić information content (AvgIpc) is 3.44. The molecule has 0 radical (unpaired) electrons. The molecule has 9 heteroatoms. The molecule has 178 valence electrons. The van der Waals surface area contributed by atoms with E-state index in [1.54, 1.807) is 24.3 Å². The number of benzene rings is 2. The molecular weight excluding hydrogens is 459 g/mol. The van der Waals surface area contributed by atoms with Gasteiger partial charge in [-0.25, -0.2) is 4.39 Å². The number of nitrogens with zero attached hydrogens (tertiary/aromatic N) is 1. The van der Waals surface area contributed by atoms with Crippen LogP contribution in [0.3, 0.4) is 0 Å². The Bertz CT molecular complexity index is 1110. The van der Waals surface area contributed by atoms with Crippen LogP contribution in [0.15, 0.2) is 47.4 Å². The quantitative estimate of drug-likeness (QED) is 0.551. The van der Waals surface area contributed by atoms with Crippen LogP contribution in [0.4, 0.5) is 9.18 Å². The van der Waals surface area contributed by atoms with Crippen molar-refractivity contribution in [1.82, 2.24) is 10.2 Å². The molecule has 0 bridgehead atoms. The number of hydrogen-bond donors (Lipinski definition) is 1. The zero-order chi connectivity index (χ0) is 24.1. The minimum absolute atomic E-state index is 0.0389. The number of methoxy groups -OCH3 is 1. The molecule has 7 nitrogen and oxygen atoms in total. The van der Waals surface area contributed by atoms with E-state index in [4.69, 9.17) is 9.47 Å². The summed E-state index contributed by atoms with van der Waals surface area (Å²) in [5, 5.41) is 2.32. The van der Waals surface area contributed by atoms with E-state index in [0.717, 1.165) is 42.3 Å². The largest absolute Gasteiger partial charge is 0.493 e. The Morgan fingerprint density at radius 2 is 1.88 bits per heavy atom. The Labute approximate surface area is 201 Å². The van der Waals surface area contributed by atoms with Crippen LogP contribution >= 0.6 is 11.8 Å². The third-order valence-corrected chi connectivity index (χ3v) is 6.59. The predicted octanol–water partition coefficient (Wildman–Crippen LogP) is 4.62. The van der Waals surface area contributed by atoms with Gasteiger partial charge < -0.3 is 14.8 Å². The lowest BCUT2D eigenvalue weighted by Crippen LogP contribution is -2.37. The molecule has 2 aromatic carbocycles. The summed E-state index contributed by atoms with van der Waals surface area (Å²) in [7, 11) is 1.53. The van der Waals surface area contributed by atoms with Crippen LogP contribution in [0.2, 0.25) is 0 Å². The molecular formula is C25H25FN2O5S. The highest BCUT2D eigenvalue weighted by Crippen LogP contribution is 2.33. The zero-order valence-corrected chi connectivity index (χ0v) is 19.5. The Morgan fingerprint density at radius 3 is 2.59 bits per heavy atom. The smallest absolute Gasteiger partial charge is 0.293 e. The fourth-order valence-electron chi connectivity index (χ4n) is 3.88. The molecule has 4 rings (SSSR count). The fourth-order valence-corrected chi connectivity index (χ4v) is 4.74. The number of imide groups is 1. The van der Waals surface area contributed by atoms with E-state index in [-0.39, 0.29) is 35.8 Å². The maximum atomic E-state index is 13.1. The van der Waals surface area contributed by atoms with Crippen molar-refractivity contribution < 1.29 is 28.2 Å². The molecule has 2 fully saturated rings. The molecule has 1 N–H and O–H groups in total. The van der Waals surface area contributed by atoms with Crippen LogP contribution in [0, 0.1) is 5.82 Å². The van der Waals surface area contributed by atoms with E-state index >= 15 is 0 Å².